The van der Waals surface area contributed by atoms with Crippen LogP contribution in [0, 0.1) is 5.92 Å². The van der Waals surface area contributed by atoms with Gasteiger partial charge in [-0.2, -0.15) is 4.98 Å². The summed E-state index contributed by atoms with van der Waals surface area (Å²) in [6.07, 6.45) is 5.15. The highest BCUT2D eigenvalue weighted by Crippen LogP contribution is 2.45. The van der Waals surface area contributed by atoms with Gasteiger partial charge in [-0.3, -0.25) is 14.5 Å². The van der Waals surface area contributed by atoms with Crippen LogP contribution in [-0.4, -0.2) is 71.7 Å². The monoisotopic (exact) mass is 773 g/mol. The van der Waals surface area contributed by atoms with Crippen LogP contribution in [0.3, 0.4) is 0 Å². The van der Waals surface area contributed by atoms with Crippen LogP contribution in [0.1, 0.15) is 66.9 Å². The van der Waals surface area contributed by atoms with Gasteiger partial charge in [0.15, 0.2) is 0 Å². The average Bonchev–Trinajstić information content (AvgIpc) is 3.70. The number of likely N-dealkylation sites (tertiary alicyclic amines) is 1. The molecule has 1 amide bonds. The van der Waals surface area contributed by atoms with Crippen LogP contribution < -0.4 is 24.8 Å². The van der Waals surface area contributed by atoms with Gasteiger partial charge in [0, 0.05) is 60.9 Å². The Labute approximate surface area is 325 Å². The highest BCUT2D eigenvalue weighted by Gasteiger charge is 2.30. The van der Waals surface area contributed by atoms with Crippen molar-refractivity contribution < 1.29 is 28.9 Å². The standard InChI is InChI=1S/C41H45Cl2N5O6/c1-52-38-24(20-44-21-27-13-17-36(49)45-27)12-15-34(46-38)32-11-6-10-31(37(32)43)28-8-5-9-30-29(28)14-16-35(30)54-40-33(42)19-26(39(47-40)53-2)23-48-18-4-3-7-25(22-48)41(50)51/h5-6,8-12,15,19,25,27,35,44H,3-4,7,13-14,16-18,20-23H2,1-2H3,(H,45,49)(H,50,51)/t25?,27-,35-/m0/s1. The number of carbonyl (C=O) groups excluding carboxylic acids is 1. The quantitative estimate of drug-likeness (QED) is 0.128. The molecule has 2 aromatic carbocycles. The van der Waals surface area contributed by atoms with Gasteiger partial charge in [0.25, 0.3) is 0 Å². The van der Waals surface area contributed by atoms with Gasteiger partial charge in [-0.25, -0.2) is 4.98 Å². The highest BCUT2D eigenvalue weighted by molar-refractivity contribution is 6.36. The summed E-state index contributed by atoms with van der Waals surface area (Å²) < 4.78 is 17.9. The van der Waals surface area contributed by atoms with Gasteiger partial charge >= 0.3 is 5.97 Å². The third kappa shape index (κ3) is 8.29. The summed E-state index contributed by atoms with van der Waals surface area (Å²) >= 11 is 14.0. The first kappa shape index (κ1) is 37.9. The van der Waals surface area contributed by atoms with Crippen molar-refractivity contribution in [2.24, 2.45) is 5.92 Å². The summed E-state index contributed by atoms with van der Waals surface area (Å²) in [5.41, 5.74) is 7.34. The molecule has 4 heterocycles. The van der Waals surface area contributed by atoms with E-state index in [2.05, 4.69) is 27.7 Å². The zero-order valence-corrected chi connectivity index (χ0v) is 32.0. The summed E-state index contributed by atoms with van der Waals surface area (Å²) in [7, 11) is 3.18. The molecule has 3 aliphatic rings. The van der Waals surface area contributed by atoms with E-state index in [0.717, 1.165) is 77.6 Å². The Kier molecular flexibility index (Phi) is 11.9. The molecule has 54 heavy (non-hydrogen) atoms. The minimum absolute atomic E-state index is 0.0996. The zero-order valence-electron chi connectivity index (χ0n) is 30.5. The molecule has 0 saturated carbocycles. The number of carboxylic acid groups (broad SMARTS) is 1. The average molecular weight is 775 g/mol. The smallest absolute Gasteiger partial charge is 0.307 e. The number of benzene rings is 2. The van der Waals surface area contributed by atoms with Crippen molar-refractivity contribution in [3.63, 3.8) is 0 Å². The summed E-state index contributed by atoms with van der Waals surface area (Å²) in [5.74, 6) is 0.169. The molecule has 0 bridgehead atoms. The van der Waals surface area contributed by atoms with E-state index in [-0.39, 0.29) is 18.1 Å². The maximum Gasteiger partial charge on any atom is 0.307 e. The lowest BCUT2D eigenvalue weighted by atomic mass is 9.94. The molecule has 4 aromatic rings. The van der Waals surface area contributed by atoms with E-state index >= 15 is 0 Å². The molecule has 2 aromatic heterocycles. The summed E-state index contributed by atoms with van der Waals surface area (Å²) in [5, 5.41) is 17.0. The number of rotatable bonds is 13. The number of nitrogens with zero attached hydrogens (tertiary/aromatic N) is 3. The molecule has 2 saturated heterocycles. The van der Waals surface area contributed by atoms with Gasteiger partial charge in [0.1, 0.15) is 11.1 Å². The van der Waals surface area contributed by atoms with E-state index in [4.69, 9.17) is 47.4 Å². The molecule has 2 fully saturated rings. The van der Waals surface area contributed by atoms with Crippen LogP contribution in [0.2, 0.25) is 10.0 Å². The molecule has 11 nitrogen and oxygen atoms in total. The third-order valence-corrected chi connectivity index (χ3v) is 11.3. The van der Waals surface area contributed by atoms with Crippen molar-refractivity contribution in [2.75, 3.05) is 33.9 Å². The van der Waals surface area contributed by atoms with Crippen LogP contribution in [0.4, 0.5) is 0 Å². The Morgan fingerprint density at radius 1 is 0.926 bits per heavy atom. The number of carboxylic acids is 1. The normalized spacial score (nSPS) is 19.9. The van der Waals surface area contributed by atoms with E-state index in [9.17, 15) is 14.7 Å². The van der Waals surface area contributed by atoms with Gasteiger partial charge in [-0.15, -0.1) is 0 Å². The number of nitrogens with one attached hydrogen (secondary N) is 2. The largest absolute Gasteiger partial charge is 0.481 e. The maximum atomic E-state index is 11.7. The molecular formula is C41H45Cl2N5O6. The zero-order chi connectivity index (χ0) is 37.8. The van der Waals surface area contributed by atoms with E-state index in [0.29, 0.717) is 72.4 Å². The SMILES string of the molecule is COc1nc(-c2cccc(-c3cccc4c3CC[C@@H]4Oc3nc(OC)c(CN4CCCCC(C(=O)O)C4)cc3Cl)c2Cl)ccc1CNC[C@@H]1CCC(=O)N1. The van der Waals surface area contributed by atoms with Crippen molar-refractivity contribution in [1.29, 1.82) is 0 Å². The van der Waals surface area contributed by atoms with Crippen LogP contribution in [0.25, 0.3) is 22.4 Å². The predicted octanol–water partition coefficient (Wildman–Crippen LogP) is 7.26. The Balaban J connectivity index is 1.08. The summed E-state index contributed by atoms with van der Waals surface area (Å²) in [4.78, 5) is 34.9. The van der Waals surface area contributed by atoms with Crippen molar-refractivity contribution in [3.05, 3.63) is 86.9 Å². The second-order valence-electron chi connectivity index (χ2n) is 14.2. The molecule has 0 radical (unpaired) electrons. The number of hydrogen-bond acceptors (Lipinski definition) is 9. The van der Waals surface area contributed by atoms with Crippen molar-refractivity contribution in [1.82, 2.24) is 25.5 Å². The van der Waals surface area contributed by atoms with Crippen LogP contribution in [0.15, 0.2) is 54.6 Å². The molecule has 3 atom stereocenters. The number of methoxy groups -OCH3 is 2. The molecular weight excluding hydrogens is 729 g/mol. The molecule has 0 spiro atoms. The number of hydrogen-bond donors (Lipinski definition) is 3. The second-order valence-corrected chi connectivity index (χ2v) is 15.0. The van der Waals surface area contributed by atoms with Gasteiger partial charge in [0.2, 0.25) is 23.5 Å². The first-order valence-electron chi connectivity index (χ1n) is 18.5. The number of pyridine rings is 2. The van der Waals surface area contributed by atoms with Crippen molar-refractivity contribution in [2.45, 2.75) is 70.2 Å². The molecule has 13 heteroatoms. The van der Waals surface area contributed by atoms with Crippen LogP contribution in [-0.2, 0) is 29.1 Å². The molecule has 7 rings (SSSR count). The number of ether oxygens (including phenoxy) is 3. The summed E-state index contributed by atoms with van der Waals surface area (Å²) in [6, 6.07) is 18.1. The Morgan fingerprint density at radius 2 is 1.70 bits per heavy atom. The lowest BCUT2D eigenvalue weighted by Gasteiger charge is -2.24. The third-order valence-electron chi connectivity index (χ3n) is 10.6. The van der Waals surface area contributed by atoms with Crippen molar-refractivity contribution in [3.8, 4) is 40.0 Å². The number of aliphatic carboxylic acids is 1. The first-order valence-corrected chi connectivity index (χ1v) is 19.3. The number of carbonyl (C=O) groups is 2. The lowest BCUT2D eigenvalue weighted by Crippen LogP contribution is -2.35. The fourth-order valence-corrected chi connectivity index (χ4v) is 8.42. The Bertz CT molecular complexity index is 2030. The molecule has 1 aliphatic carbocycles. The minimum Gasteiger partial charge on any atom is -0.481 e. The van der Waals surface area contributed by atoms with Crippen LogP contribution >= 0.6 is 23.2 Å². The van der Waals surface area contributed by atoms with E-state index in [1.807, 2.05) is 42.5 Å². The minimum atomic E-state index is -0.759. The molecule has 2 aliphatic heterocycles. The molecule has 284 valence electrons. The van der Waals surface area contributed by atoms with Crippen LogP contribution in [0.5, 0.6) is 17.6 Å². The molecule has 1 unspecified atom stereocenters. The number of aromatic nitrogens is 2. The predicted molar refractivity (Wildman–Crippen MR) is 207 cm³/mol. The van der Waals surface area contributed by atoms with Gasteiger partial charge < -0.3 is 30.0 Å². The Hall–Kier alpha value is -4.42. The molecule has 3 N–H and O–H groups in total. The second kappa shape index (κ2) is 16.9. The van der Waals surface area contributed by atoms with E-state index in [1.54, 1.807) is 14.2 Å². The number of halogens is 2. The van der Waals surface area contributed by atoms with E-state index in [1.165, 1.54) is 0 Å². The summed E-state index contributed by atoms with van der Waals surface area (Å²) in [6.45, 7) is 3.00. The number of amides is 1. The van der Waals surface area contributed by atoms with E-state index < -0.39 is 11.9 Å². The Morgan fingerprint density at radius 3 is 2.48 bits per heavy atom. The number of fused-ring (bicyclic) bond motifs is 1. The van der Waals surface area contributed by atoms with Gasteiger partial charge in [-0.1, -0.05) is 72.1 Å². The van der Waals surface area contributed by atoms with Gasteiger partial charge in [-0.05, 0) is 67.5 Å². The van der Waals surface area contributed by atoms with Gasteiger partial charge in [0.05, 0.1) is 30.9 Å². The fraction of sp³-hybridized carbons (Fsp3) is 0.415. The van der Waals surface area contributed by atoms with Crippen molar-refractivity contribution >= 4 is 35.1 Å². The highest BCUT2D eigenvalue weighted by atomic mass is 35.5. The topological polar surface area (TPSA) is 135 Å². The lowest BCUT2D eigenvalue weighted by molar-refractivity contribution is -0.142. The first-order chi connectivity index (χ1) is 26.2. The maximum absolute atomic E-state index is 11.7. The fourth-order valence-electron chi connectivity index (χ4n) is 7.88.